The molecule has 3 N–H and O–H groups in total. The van der Waals surface area contributed by atoms with Gasteiger partial charge in [0, 0.05) is 75.3 Å². The van der Waals surface area contributed by atoms with Crippen LogP contribution in [0.25, 0.3) is 16.3 Å². The third-order valence-corrected chi connectivity index (χ3v) is 7.09. The Morgan fingerprint density at radius 1 is 1.12 bits per heavy atom. The summed E-state index contributed by atoms with van der Waals surface area (Å²) in [6.07, 6.45) is 9.11. The van der Waals surface area contributed by atoms with Crippen LogP contribution in [0.3, 0.4) is 0 Å². The highest BCUT2D eigenvalue weighted by Crippen LogP contribution is 2.31. The molecule has 1 amide bonds. The van der Waals surface area contributed by atoms with E-state index in [1.54, 1.807) is 12.4 Å². The van der Waals surface area contributed by atoms with Gasteiger partial charge in [-0.1, -0.05) is 12.1 Å². The van der Waals surface area contributed by atoms with Crippen molar-refractivity contribution in [3.05, 3.63) is 42.2 Å². The van der Waals surface area contributed by atoms with Crippen LogP contribution in [0.2, 0.25) is 0 Å². The van der Waals surface area contributed by atoms with Crippen LogP contribution >= 0.6 is 0 Å². The van der Waals surface area contributed by atoms with Crippen LogP contribution in [0, 0.1) is 17.2 Å². The highest BCUT2D eigenvalue weighted by atomic mass is 16.1. The minimum atomic E-state index is 0.0700. The van der Waals surface area contributed by atoms with E-state index < -0.39 is 0 Å². The Kier molecular flexibility index (Phi) is 7.73. The number of nitrogens with one attached hydrogen (secondary N) is 3. The summed E-state index contributed by atoms with van der Waals surface area (Å²) >= 11 is 0. The SMILES string of the molecule is CN/C=C(\C=N)c1ccc2cnc(NC(=O)[C@H]3CC[C@@H](CN4CCN(C)CC4)CC3)cc2c1. The number of amides is 1. The lowest BCUT2D eigenvalue weighted by molar-refractivity contribution is -0.121. The molecule has 33 heavy (non-hydrogen) atoms. The first-order valence-corrected chi connectivity index (χ1v) is 12.1. The first kappa shape index (κ1) is 23.4. The molecule has 1 aliphatic carbocycles. The maximum absolute atomic E-state index is 12.9. The van der Waals surface area contributed by atoms with Gasteiger partial charge in [-0.3, -0.25) is 4.79 Å². The van der Waals surface area contributed by atoms with E-state index in [9.17, 15) is 4.79 Å². The lowest BCUT2D eigenvalue weighted by atomic mass is 9.81. The molecule has 2 aliphatic rings. The van der Waals surface area contributed by atoms with Crippen molar-refractivity contribution < 1.29 is 4.79 Å². The Morgan fingerprint density at radius 3 is 2.58 bits per heavy atom. The number of hydrogen-bond donors (Lipinski definition) is 3. The Balaban J connectivity index is 1.34. The summed E-state index contributed by atoms with van der Waals surface area (Å²) in [7, 11) is 4.01. The molecule has 0 bridgehead atoms. The summed E-state index contributed by atoms with van der Waals surface area (Å²) < 4.78 is 0. The molecule has 0 radical (unpaired) electrons. The number of benzene rings is 1. The molecular formula is C26H36N6O. The quantitative estimate of drug-likeness (QED) is 0.565. The smallest absolute Gasteiger partial charge is 0.228 e. The van der Waals surface area contributed by atoms with Crippen LogP contribution in [0.1, 0.15) is 31.2 Å². The Hall–Kier alpha value is -2.77. The maximum atomic E-state index is 12.9. The van der Waals surface area contributed by atoms with Gasteiger partial charge in [0.15, 0.2) is 0 Å². The van der Waals surface area contributed by atoms with Gasteiger partial charge in [0.05, 0.1) is 0 Å². The van der Waals surface area contributed by atoms with E-state index in [2.05, 4.69) is 32.5 Å². The summed E-state index contributed by atoms with van der Waals surface area (Å²) in [6.45, 7) is 5.83. The number of allylic oxidation sites excluding steroid dienone is 1. The zero-order valence-electron chi connectivity index (χ0n) is 19.8. The molecule has 2 heterocycles. The van der Waals surface area contributed by atoms with Gasteiger partial charge < -0.3 is 25.8 Å². The summed E-state index contributed by atoms with van der Waals surface area (Å²) in [6, 6.07) is 7.94. The van der Waals surface area contributed by atoms with E-state index in [4.69, 9.17) is 5.41 Å². The molecule has 7 heteroatoms. The molecule has 2 aromatic rings. The number of anilines is 1. The lowest BCUT2D eigenvalue weighted by Crippen LogP contribution is -2.46. The van der Waals surface area contributed by atoms with Crippen molar-refractivity contribution in [2.24, 2.45) is 11.8 Å². The molecule has 1 aliphatic heterocycles. The molecule has 0 atom stereocenters. The molecular weight excluding hydrogens is 412 g/mol. The van der Waals surface area contributed by atoms with Gasteiger partial charge in [-0.2, -0.15) is 0 Å². The van der Waals surface area contributed by atoms with Gasteiger partial charge in [-0.15, -0.1) is 0 Å². The van der Waals surface area contributed by atoms with Crippen molar-refractivity contribution >= 4 is 34.3 Å². The summed E-state index contributed by atoms with van der Waals surface area (Å²) in [5, 5.41) is 15.7. The molecule has 0 spiro atoms. The Morgan fingerprint density at radius 2 is 1.88 bits per heavy atom. The molecule has 176 valence electrons. The molecule has 1 saturated heterocycles. The predicted molar refractivity (Wildman–Crippen MR) is 136 cm³/mol. The third kappa shape index (κ3) is 5.97. The normalized spacial score (nSPS) is 22.8. The molecule has 1 aromatic carbocycles. The van der Waals surface area contributed by atoms with Crippen LogP contribution in [-0.2, 0) is 4.79 Å². The number of hydrogen-bond acceptors (Lipinski definition) is 6. The first-order chi connectivity index (χ1) is 16.1. The molecule has 1 saturated carbocycles. The number of rotatable bonds is 7. The summed E-state index contributed by atoms with van der Waals surface area (Å²) in [5.74, 6) is 1.47. The Labute approximate surface area is 196 Å². The van der Waals surface area contributed by atoms with Crippen LogP contribution in [0.15, 0.2) is 36.7 Å². The van der Waals surface area contributed by atoms with Crippen molar-refractivity contribution in [2.45, 2.75) is 25.7 Å². The second kappa shape index (κ2) is 10.9. The fraction of sp³-hybridized carbons (Fsp3) is 0.500. The summed E-state index contributed by atoms with van der Waals surface area (Å²) in [5.41, 5.74) is 1.75. The zero-order chi connectivity index (χ0) is 23.2. The lowest BCUT2D eigenvalue weighted by Gasteiger charge is -2.36. The van der Waals surface area contributed by atoms with E-state index in [0.29, 0.717) is 11.7 Å². The molecule has 1 aromatic heterocycles. The molecule has 2 fully saturated rings. The van der Waals surface area contributed by atoms with E-state index in [1.807, 2.05) is 31.3 Å². The van der Waals surface area contributed by atoms with Crippen molar-refractivity contribution in [1.82, 2.24) is 20.1 Å². The number of pyridine rings is 1. The number of piperazine rings is 1. The van der Waals surface area contributed by atoms with Gasteiger partial charge in [-0.05, 0) is 61.7 Å². The number of fused-ring (bicyclic) bond motifs is 1. The van der Waals surface area contributed by atoms with E-state index in [0.717, 1.165) is 60.7 Å². The molecule has 0 unspecified atom stereocenters. The summed E-state index contributed by atoms with van der Waals surface area (Å²) in [4.78, 5) is 22.4. The van der Waals surface area contributed by atoms with Crippen LogP contribution in [0.5, 0.6) is 0 Å². The number of nitrogens with zero attached hydrogens (tertiary/aromatic N) is 3. The van der Waals surface area contributed by atoms with Gasteiger partial charge in [0.2, 0.25) is 5.91 Å². The topological polar surface area (TPSA) is 84.3 Å². The number of aromatic nitrogens is 1. The number of likely N-dealkylation sites (N-methyl/N-ethyl adjacent to an activating group) is 1. The average molecular weight is 449 g/mol. The van der Waals surface area contributed by atoms with E-state index in [-0.39, 0.29) is 11.8 Å². The largest absolute Gasteiger partial charge is 0.393 e. The average Bonchev–Trinajstić information content (AvgIpc) is 2.84. The fourth-order valence-electron chi connectivity index (χ4n) is 4.98. The van der Waals surface area contributed by atoms with Crippen molar-refractivity contribution in [2.75, 3.05) is 52.1 Å². The molecule has 4 rings (SSSR count). The minimum Gasteiger partial charge on any atom is -0.393 e. The first-order valence-electron chi connectivity index (χ1n) is 12.1. The standard InChI is InChI=1S/C26H36N6O/c1-28-16-24(15-27)21-7-8-22-17-29-25(14-23(22)13-21)30-26(33)20-5-3-19(4-6-20)18-32-11-9-31(2)10-12-32/h7-8,13-17,19-20,27-28H,3-6,9-12,18H2,1-2H3,(H,29,30,33)/b24-16+,27-15?/t19-,20+. The Bertz CT molecular complexity index is 1000. The van der Waals surface area contributed by atoms with Crippen molar-refractivity contribution in [3.63, 3.8) is 0 Å². The highest BCUT2D eigenvalue weighted by Gasteiger charge is 2.28. The minimum absolute atomic E-state index is 0.0700. The third-order valence-electron chi connectivity index (χ3n) is 7.09. The zero-order valence-corrected chi connectivity index (χ0v) is 19.8. The second-order valence-corrected chi connectivity index (χ2v) is 9.47. The number of carbonyl (C=O) groups excluding carboxylic acids is 1. The number of carbonyl (C=O) groups is 1. The molecule has 7 nitrogen and oxygen atoms in total. The van der Waals surface area contributed by atoms with Gasteiger partial charge in [0.1, 0.15) is 5.82 Å². The van der Waals surface area contributed by atoms with Gasteiger partial charge in [0.25, 0.3) is 0 Å². The monoisotopic (exact) mass is 448 g/mol. The highest BCUT2D eigenvalue weighted by molar-refractivity contribution is 6.09. The van der Waals surface area contributed by atoms with E-state index in [1.165, 1.54) is 25.8 Å². The predicted octanol–water partition coefficient (Wildman–Crippen LogP) is 3.44. The van der Waals surface area contributed by atoms with Crippen molar-refractivity contribution in [1.29, 1.82) is 5.41 Å². The van der Waals surface area contributed by atoms with Crippen molar-refractivity contribution in [3.8, 4) is 0 Å². The van der Waals surface area contributed by atoms with Crippen LogP contribution < -0.4 is 10.6 Å². The fourth-order valence-corrected chi connectivity index (χ4v) is 4.98. The maximum Gasteiger partial charge on any atom is 0.228 e. The van der Waals surface area contributed by atoms with Crippen LogP contribution in [0.4, 0.5) is 5.82 Å². The van der Waals surface area contributed by atoms with Crippen LogP contribution in [-0.4, -0.2) is 73.7 Å². The van der Waals surface area contributed by atoms with Gasteiger partial charge in [-0.25, -0.2) is 4.98 Å². The second-order valence-electron chi connectivity index (χ2n) is 9.47. The van der Waals surface area contributed by atoms with E-state index >= 15 is 0 Å². The van der Waals surface area contributed by atoms with Gasteiger partial charge >= 0.3 is 0 Å².